The molecule has 0 atom stereocenters. The lowest BCUT2D eigenvalue weighted by Gasteiger charge is -2.29. The Hall–Kier alpha value is -3.59. The van der Waals surface area contributed by atoms with E-state index < -0.39 is 0 Å². The predicted octanol–water partition coefficient (Wildman–Crippen LogP) is 4.65. The first-order chi connectivity index (χ1) is 19.6. The maximum atomic E-state index is 13.4. The van der Waals surface area contributed by atoms with Crippen LogP contribution in [0.2, 0.25) is 0 Å². The molecule has 9 heteroatoms. The van der Waals surface area contributed by atoms with Crippen molar-refractivity contribution in [2.75, 3.05) is 18.0 Å². The van der Waals surface area contributed by atoms with Gasteiger partial charge < -0.3 is 14.8 Å². The Morgan fingerprint density at radius 1 is 0.925 bits per heavy atom. The number of pyridine rings is 1. The van der Waals surface area contributed by atoms with Gasteiger partial charge in [0.15, 0.2) is 5.82 Å². The second-order valence-electron chi connectivity index (χ2n) is 11.0. The molecule has 0 fully saturated rings. The summed E-state index contributed by atoms with van der Waals surface area (Å²) in [5.41, 5.74) is 3.62. The van der Waals surface area contributed by atoms with Gasteiger partial charge in [0.2, 0.25) is 5.91 Å². The fourth-order valence-corrected chi connectivity index (χ4v) is 5.84. The van der Waals surface area contributed by atoms with Crippen molar-refractivity contribution in [3.05, 3.63) is 71.1 Å². The Morgan fingerprint density at radius 2 is 1.73 bits per heavy atom. The molecule has 3 aromatic rings. The van der Waals surface area contributed by atoms with Gasteiger partial charge in [0.1, 0.15) is 5.82 Å². The van der Waals surface area contributed by atoms with Crippen LogP contribution in [0, 0.1) is 0 Å². The van der Waals surface area contributed by atoms with Crippen molar-refractivity contribution in [2.24, 2.45) is 0 Å². The number of aryl methyl sites for hydroxylation is 1. The molecule has 9 nitrogen and oxygen atoms in total. The number of carbonyl (C=O) groups excluding carboxylic acids is 2. The normalized spacial score (nSPS) is 17.1. The molecule has 1 N–H and O–H groups in total. The number of benzene rings is 1. The number of hydrogen-bond acceptors (Lipinski definition) is 6. The fraction of sp³-hybridized carbons (Fsp3) is 0.516. The summed E-state index contributed by atoms with van der Waals surface area (Å²) >= 11 is 0. The van der Waals surface area contributed by atoms with Gasteiger partial charge in [-0.05, 0) is 67.6 Å². The quantitative estimate of drug-likeness (QED) is 0.503. The van der Waals surface area contributed by atoms with Crippen molar-refractivity contribution in [3.8, 4) is 0 Å². The molecule has 212 valence electrons. The first kappa shape index (κ1) is 28.0. The molecular weight excluding hydrogens is 502 g/mol. The standard InChI is InChI=1S/C31H41N7O2/c1-24(39)37-17-8-4-2-3-7-16-36(22-25-11-10-15-32-20-25)23-27-19-26(13-14-28(27)37)31(40)33-21-30-35-34-29-12-6-5-9-18-38(29)30/h10-11,13-15,19-20H,2-9,12,16-18,21-23H2,1H3,(H,33,40). The molecular formula is C31H41N7O2. The van der Waals surface area contributed by atoms with Gasteiger partial charge in [0, 0.05) is 63.2 Å². The van der Waals surface area contributed by atoms with Gasteiger partial charge in [-0.1, -0.05) is 31.7 Å². The molecule has 1 aromatic carbocycles. The minimum atomic E-state index is -0.145. The van der Waals surface area contributed by atoms with Crippen molar-refractivity contribution in [2.45, 2.75) is 90.9 Å². The zero-order valence-electron chi connectivity index (χ0n) is 23.6. The van der Waals surface area contributed by atoms with E-state index in [4.69, 9.17) is 0 Å². The van der Waals surface area contributed by atoms with E-state index in [-0.39, 0.29) is 11.8 Å². The average Bonchev–Trinajstić information content (AvgIpc) is 3.18. The molecule has 0 saturated carbocycles. The number of hydrogen-bond donors (Lipinski definition) is 1. The van der Waals surface area contributed by atoms with Crippen LogP contribution in [-0.4, -0.2) is 49.6 Å². The minimum Gasteiger partial charge on any atom is -0.345 e. The highest BCUT2D eigenvalue weighted by atomic mass is 16.2. The lowest BCUT2D eigenvalue weighted by molar-refractivity contribution is -0.116. The number of rotatable bonds is 5. The molecule has 40 heavy (non-hydrogen) atoms. The third-order valence-electron chi connectivity index (χ3n) is 7.98. The SMILES string of the molecule is CC(=O)N1CCCCCCCN(Cc2cccnc2)Cc2cc(C(=O)NCc3nnc4n3CCCCC4)ccc21. The summed E-state index contributed by atoms with van der Waals surface area (Å²) < 4.78 is 2.16. The Balaban J connectivity index is 1.39. The Morgan fingerprint density at radius 3 is 2.55 bits per heavy atom. The van der Waals surface area contributed by atoms with E-state index in [2.05, 4.69) is 36.0 Å². The lowest BCUT2D eigenvalue weighted by atomic mass is 10.0. The van der Waals surface area contributed by atoms with Gasteiger partial charge in [0.25, 0.3) is 5.91 Å². The van der Waals surface area contributed by atoms with Crippen molar-refractivity contribution < 1.29 is 9.59 Å². The van der Waals surface area contributed by atoms with Crippen LogP contribution in [0.4, 0.5) is 5.69 Å². The summed E-state index contributed by atoms with van der Waals surface area (Å²) in [6, 6.07) is 9.82. The van der Waals surface area contributed by atoms with Crippen LogP contribution in [0.1, 0.15) is 91.4 Å². The smallest absolute Gasteiger partial charge is 0.251 e. The first-order valence-corrected chi connectivity index (χ1v) is 14.8. The van der Waals surface area contributed by atoms with Gasteiger partial charge in [-0.3, -0.25) is 19.5 Å². The molecule has 0 radical (unpaired) electrons. The molecule has 2 aliphatic rings. The van der Waals surface area contributed by atoms with Crippen LogP contribution in [0.25, 0.3) is 0 Å². The molecule has 2 aliphatic heterocycles. The lowest BCUT2D eigenvalue weighted by Crippen LogP contribution is -2.33. The molecule has 2 aromatic heterocycles. The van der Waals surface area contributed by atoms with Crippen LogP contribution in [-0.2, 0) is 37.4 Å². The Bertz CT molecular complexity index is 1290. The van der Waals surface area contributed by atoms with Crippen LogP contribution < -0.4 is 10.2 Å². The third-order valence-corrected chi connectivity index (χ3v) is 7.98. The van der Waals surface area contributed by atoms with E-state index in [1.807, 2.05) is 35.4 Å². The van der Waals surface area contributed by atoms with Crippen molar-refractivity contribution in [1.82, 2.24) is 30.0 Å². The summed E-state index contributed by atoms with van der Waals surface area (Å²) in [4.78, 5) is 34.7. The maximum absolute atomic E-state index is 13.4. The van der Waals surface area contributed by atoms with E-state index in [1.165, 1.54) is 19.3 Å². The number of nitrogens with zero attached hydrogens (tertiary/aromatic N) is 6. The summed E-state index contributed by atoms with van der Waals surface area (Å²) in [6.07, 6.45) is 13.6. The summed E-state index contributed by atoms with van der Waals surface area (Å²) in [6.45, 7) is 5.92. The highest BCUT2D eigenvalue weighted by Gasteiger charge is 2.21. The highest BCUT2D eigenvalue weighted by Crippen LogP contribution is 2.27. The van der Waals surface area contributed by atoms with E-state index in [0.29, 0.717) is 25.2 Å². The van der Waals surface area contributed by atoms with Crippen LogP contribution >= 0.6 is 0 Å². The number of nitrogens with one attached hydrogen (secondary N) is 1. The van der Waals surface area contributed by atoms with Gasteiger partial charge in [-0.25, -0.2) is 0 Å². The Kier molecular flexibility index (Phi) is 9.54. The van der Waals surface area contributed by atoms with Gasteiger partial charge >= 0.3 is 0 Å². The van der Waals surface area contributed by atoms with Crippen molar-refractivity contribution in [3.63, 3.8) is 0 Å². The first-order valence-electron chi connectivity index (χ1n) is 14.8. The van der Waals surface area contributed by atoms with Crippen LogP contribution in [0.3, 0.4) is 0 Å². The van der Waals surface area contributed by atoms with Gasteiger partial charge in [-0.2, -0.15) is 0 Å². The monoisotopic (exact) mass is 543 g/mol. The average molecular weight is 544 g/mol. The second kappa shape index (κ2) is 13.7. The number of carbonyl (C=O) groups is 2. The largest absolute Gasteiger partial charge is 0.345 e. The molecule has 4 heterocycles. The zero-order valence-corrected chi connectivity index (χ0v) is 23.6. The maximum Gasteiger partial charge on any atom is 0.251 e. The minimum absolute atomic E-state index is 0.0295. The van der Waals surface area contributed by atoms with Crippen LogP contribution in [0.15, 0.2) is 42.7 Å². The third kappa shape index (κ3) is 7.13. The van der Waals surface area contributed by atoms with Gasteiger partial charge in [0.05, 0.1) is 6.54 Å². The number of fused-ring (bicyclic) bond motifs is 2. The molecule has 0 unspecified atom stereocenters. The van der Waals surface area contributed by atoms with Crippen molar-refractivity contribution >= 4 is 17.5 Å². The number of amides is 2. The van der Waals surface area contributed by atoms with Gasteiger partial charge in [-0.15, -0.1) is 10.2 Å². The topological polar surface area (TPSA) is 96.2 Å². The molecule has 0 bridgehead atoms. The summed E-state index contributed by atoms with van der Waals surface area (Å²) in [5, 5.41) is 11.8. The van der Waals surface area contributed by atoms with E-state index in [9.17, 15) is 9.59 Å². The molecule has 5 rings (SSSR count). The molecule has 2 amide bonds. The summed E-state index contributed by atoms with van der Waals surface area (Å²) in [5.74, 6) is 1.71. The summed E-state index contributed by atoms with van der Waals surface area (Å²) in [7, 11) is 0. The fourth-order valence-electron chi connectivity index (χ4n) is 5.84. The van der Waals surface area contributed by atoms with E-state index in [1.54, 1.807) is 13.1 Å². The predicted molar refractivity (Wildman–Crippen MR) is 155 cm³/mol. The molecule has 0 aliphatic carbocycles. The second-order valence-corrected chi connectivity index (χ2v) is 11.0. The molecule has 0 saturated heterocycles. The Labute approximate surface area is 237 Å². The number of anilines is 1. The number of aromatic nitrogens is 4. The van der Waals surface area contributed by atoms with E-state index in [0.717, 1.165) is 86.6 Å². The van der Waals surface area contributed by atoms with Crippen LogP contribution in [0.5, 0.6) is 0 Å². The molecule has 0 spiro atoms. The van der Waals surface area contributed by atoms with E-state index >= 15 is 0 Å². The zero-order chi connectivity index (χ0) is 27.7. The van der Waals surface area contributed by atoms with Crippen molar-refractivity contribution in [1.29, 1.82) is 0 Å². The highest BCUT2D eigenvalue weighted by molar-refractivity contribution is 5.97.